The van der Waals surface area contributed by atoms with E-state index in [-0.39, 0.29) is 0 Å². The number of hydrogen-bond acceptors (Lipinski definition) is 3. The van der Waals surface area contributed by atoms with Crippen molar-refractivity contribution in [2.45, 2.75) is 26.9 Å². The number of halogens is 2. The Morgan fingerprint density at radius 2 is 1.67 bits per heavy atom. The molecule has 2 aromatic rings. The van der Waals surface area contributed by atoms with Crippen molar-refractivity contribution in [2.24, 2.45) is 0 Å². The van der Waals surface area contributed by atoms with Crippen molar-refractivity contribution < 1.29 is 14.3 Å². The minimum absolute atomic E-state index is 0.401. The zero-order chi connectivity index (χ0) is 17.9. The molecule has 0 unspecified atom stereocenters. The number of rotatable bonds is 4. The lowest BCUT2D eigenvalue weighted by atomic mass is 10.1. The first kappa shape index (κ1) is 18.3. The molecule has 6 heteroatoms. The average molecular weight is 366 g/mol. The Bertz CT molecular complexity index is 770. The van der Waals surface area contributed by atoms with E-state index in [0.717, 1.165) is 11.1 Å². The van der Waals surface area contributed by atoms with Gasteiger partial charge in [-0.05, 0) is 50.6 Å². The number of nitrogens with one attached hydrogen (secondary N) is 1. The zero-order valence-corrected chi connectivity index (χ0v) is 15.0. The van der Waals surface area contributed by atoms with E-state index in [1.807, 2.05) is 26.0 Å². The van der Waals surface area contributed by atoms with E-state index >= 15 is 0 Å². The van der Waals surface area contributed by atoms with E-state index in [0.29, 0.717) is 21.3 Å². The van der Waals surface area contributed by atoms with Crippen LogP contribution < -0.4 is 5.32 Å². The number of carbonyl (C=O) groups excluding carboxylic acids is 2. The van der Waals surface area contributed by atoms with Gasteiger partial charge in [0, 0.05) is 15.7 Å². The van der Waals surface area contributed by atoms with Crippen LogP contribution >= 0.6 is 23.2 Å². The minimum Gasteiger partial charge on any atom is -0.449 e. The Kier molecular flexibility index (Phi) is 5.86. The highest BCUT2D eigenvalue weighted by molar-refractivity contribution is 6.35. The molecule has 0 fully saturated rings. The molecular weight excluding hydrogens is 349 g/mol. The first-order valence-corrected chi connectivity index (χ1v) is 8.07. The molecule has 2 rings (SSSR count). The molecule has 0 aliphatic rings. The van der Waals surface area contributed by atoms with Gasteiger partial charge in [0.2, 0.25) is 0 Å². The quantitative estimate of drug-likeness (QED) is 0.792. The van der Waals surface area contributed by atoms with E-state index in [1.165, 1.54) is 6.92 Å². The molecule has 0 aliphatic carbocycles. The van der Waals surface area contributed by atoms with E-state index in [1.54, 1.807) is 24.3 Å². The number of ether oxygens (including phenoxy) is 1. The number of benzene rings is 2. The molecular formula is C18H17Cl2NO3. The fraction of sp³-hybridized carbons (Fsp3) is 0.222. The maximum Gasteiger partial charge on any atom is 0.339 e. The van der Waals surface area contributed by atoms with Crippen molar-refractivity contribution in [3.05, 3.63) is 63.1 Å². The standard InChI is InChI=1S/C18H17Cl2NO3/c1-10-4-5-16(11(2)6-10)18(23)24-12(3)17(22)21-15-8-13(19)7-14(20)9-15/h4-9,12H,1-3H3,(H,21,22)/t12-/m1/s1. The topological polar surface area (TPSA) is 55.4 Å². The number of amides is 1. The number of hydrogen-bond donors (Lipinski definition) is 1. The molecule has 0 bridgehead atoms. The van der Waals surface area contributed by atoms with Gasteiger partial charge < -0.3 is 10.1 Å². The third kappa shape index (κ3) is 4.73. The van der Waals surface area contributed by atoms with Crippen LogP contribution in [-0.4, -0.2) is 18.0 Å². The van der Waals surface area contributed by atoms with Crippen LogP contribution in [0.1, 0.15) is 28.4 Å². The summed E-state index contributed by atoms with van der Waals surface area (Å²) in [4.78, 5) is 24.4. The highest BCUT2D eigenvalue weighted by atomic mass is 35.5. The second-order valence-corrected chi connectivity index (χ2v) is 6.39. The van der Waals surface area contributed by atoms with Gasteiger partial charge in [-0.15, -0.1) is 0 Å². The number of aryl methyl sites for hydroxylation is 2. The lowest BCUT2D eigenvalue weighted by Gasteiger charge is -2.15. The van der Waals surface area contributed by atoms with Crippen LogP contribution in [0.4, 0.5) is 5.69 Å². The van der Waals surface area contributed by atoms with Crippen molar-refractivity contribution in [3.8, 4) is 0 Å². The van der Waals surface area contributed by atoms with Crippen molar-refractivity contribution in [1.82, 2.24) is 0 Å². The summed E-state index contributed by atoms with van der Waals surface area (Å²) < 4.78 is 5.23. The normalized spacial score (nSPS) is 11.7. The lowest BCUT2D eigenvalue weighted by molar-refractivity contribution is -0.123. The third-order valence-electron chi connectivity index (χ3n) is 3.38. The van der Waals surface area contributed by atoms with E-state index in [9.17, 15) is 9.59 Å². The van der Waals surface area contributed by atoms with Gasteiger partial charge in [-0.1, -0.05) is 40.9 Å². The van der Waals surface area contributed by atoms with Crippen LogP contribution in [0.3, 0.4) is 0 Å². The molecule has 1 N–H and O–H groups in total. The predicted molar refractivity (Wildman–Crippen MR) is 95.9 cm³/mol. The van der Waals surface area contributed by atoms with E-state index in [4.69, 9.17) is 27.9 Å². The monoisotopic (exact) mass is 365 g/mol. The second kappa shape index (κ2) is 7.69. The molecule has 1 atom stereocenters. The van der Waals surface area contributed by atoms with Gasteiger partial charge in [0.05, 0.1) is 5.56 Å². The summed E-state index contributed by atoms with van der Waals surface area (Å²) in [7, 11) is 0. The van der Waals surface area contributed by atoms with Crippen LogP contribution in [0.25, 0.3) is 0 Å². The molecule has 0 aliphatic heterocycles. The first-order chi connectivity index (χ1) is 11.3. The number of carbonyl (C=O) groups is 2. The Balaban J connectivity index is 2.04. The van der Waals surface area contributed by atoms with Gasteiger partial charge in [0.1, 0.15) is 0 Å². The minimum atomic E-state index is -0.962. The molecule has 0 saturated carbocycles. The Morgan fingerprint density at radius 1 is 1.04 bits per heavy atom. The Morgan fingerprint density at radius 3 is 2.25 bits per heavy atom. The van der Waals surface area contributed by atoms with Gasteiger partial charge in [0.25, 0.3) is 5.91 Å². The molecule has 0 saturated heterocycles. The highest BCUT2D eigenvalue weighted by Crippen LogP contribution is 2.22. The Hall–Kier alpha value is -2.04. The number of esters is 1. The fourth-order valence-corrected chi connectivity index (χ4v) is 2.72. The van der Waals surface area contributed by atoms with Gasteiger partial charge in [-0.25, -0.2) is 4.79 Å². The molecule has 0 aromatic heterocycles. The fourth-order valence-electron chi connectivity index (χ4n) is 2.19. The van der Waals surface area contributed by atoms with Crippen molar-refractivity contribution in [3.63, 3.8) is 0 Å². The van der Waals surface area contributed by atoms with Gasteiger partial charge >= 0.3 is 5.97 Å². The first-order valence-electron chi connectivity index (χ1n) is 7.31. The smallest absolute Gasteiger partial charge is 0.339 e. The molecule has 0 radical (unpaired) electrons. The summed E-state index contributed by atoms with van der Waals surface area (Å²) in [5.74, 6) is -1.01. The molecule has 126 valence electrons. The third-order valence-corrected chi connectivity index (χ3v) is 3.82. The summed E-state index contributed by atoms with van der Waals surface area (Å²) in [5.41, 5.74) is 2.72. The van der Waals surface area contributed by atoms with Crippen LogP contribution in [0, 0.1) is 13.8 Å². The molecule has 24 heavy (non-hydrogen) atoms. The summed E-state index contributed by atoms with van der Waals surface area (Å²) in [5, 5.41) is 3.42. The van der Waals surface area contributed by atoms with Crippen LogP contribution in [0.5, 0.6) is 0 Å². The highest BCUT2D eigenvalue weighted by Gasteiger charge is 2.20. The van der Waals surface area contributed by atoms with Crippen molar-refractivity contribution in [2.75, 3.05) is 5.32 Å². The Labute approximate surface area is 150 Å². The maximum absolute atomic E-state index is 12.2. The predicted octanol–water partition coefficient (Wildman–Crippen LogP) is 4.79. The van der Waals surface area contributed by atoms with Gasteiger partial charge in [0.15, 0.2) is 6.10 Å². The van der Waals surface area contributed by atoms with Crippen LogP contribution in [0.2, 0.25) is 10.0 Å². The summed E-state index contributed by atoms with van der Waals surface area (Å²) >= 11 is 11.8. The van der Waals surface area contributed by atoms with E-state index < -0.39 is 18.0 Å². The van der Waals surface area contributed by atoms with Gasteiger partial charge in [-0.2, -0.15) is 0 Å². The molecule has 2 aromatic carbocycles. The van der Waals surface area contributed by atoms with Crippen molar-refractivity contribution in [1.29, 1.82) is 0 Å². The summed E-state index contributed by atoms with van der Waals surface area (Å²) in [6.07, 6.45) is -0.962. The second-order valence-electron chi connectivity index (χ2n) is 5.51. The summed E-state index contributed by atoms with van der Waals surface area (Å²) in [6.45, 7) is 5.26. The largest absolute Gasteiger partial charge is 0.449 e. The lowest BCUT2D eigenvalue weighted by Crippen LogP contribution is -2.30. The average Bonchev–Trinajstić information content (AvgIpc) is 2.45. The van der Waals surface area contributed by atoms with Gasteiger partial charge in [-0.3, -0.25) is 4.79 Å². The molecule has 4 nitrogen and oxygen atoms in total. The zero-order valence-electron chi connectivity index (χ0n) is 13.5. The summed E-state index contributed by atoms with van der Waals surface area (Å²) in [6, 6.07) is 10.1. The number of anilines is 1. The molecule has 1 amide bonds. The SMILES string of the molecule is Cc1ccc(C(=O)O[C@H](C)C(=O)Nc2cc(Cl)cc(Cl)c2)c(C)c1. The molecule has 0 spiro atoms. The van der Waals surface area contributed by atoms with Crippen LogP contribution in [-0.2, 0) is 9.53 Å². The maximum atomic E-state index is 12.2. The molecule has 0 heterocycles. The van der Waals surface area contributed by atoms with E-state index in [2.05, 4.69) is 5.32 Å². The van der Waals surface area contributed by atoms with Crippen molar-refractivity contribution >= 4 is 40.8 Å². The van der Waals surface area contributed by atoms with Crippen LogP contribution in [0.15, 0.2) is 36.4 Å².